The molecule has 1 saturated heterocycles. The summed E-state index contributed by atoms with van der Waals surface area (Å²) in [6.45, 7) is 1.63. The van der Waals surface area contributed by atoms with Crippen LogP contribution in [0.4, 0.5) is 0 Å². The van der Waals surface area contributed by atoms with E-state index in [1.54, 1.807) is 4.90 Å². The molecular weight excluding hydrogens is 418 g/mol. The van der Waals surface area contributed by atoms with E-state index in [2.05, 4.69) is 5.10 Å². The summed E-state index contributed by atoms with van der Waals surface area (Å²) in [5, 5.41) is 3.24. The topological polar surface area (TPSA) is 90.8 Å². The van der Waals surface area contributed by atoms with Gasteiger partial charge in [-0.15, -0.1) is 0 Å². The molecule has 0 bridgehead atoms. The van der Waals surface area contributed by atoms with Crippen molar-refractivity contribution in [3.63, 3.8) is 0 Å². The van der Waals surface area contributed by atoms with Gasteiger partial charge in [0.1, 0.15) is 0 Å². The lowest BCUT2D eigenvalue weighted by atomic mass is 9.98. The van der Waals surface area contributed by atoms with E-state index in [4.69, 9.17) is 4.98 Å². The van der Waals surface area contributed by atoms with Gasteiger partial charge in [0, 0.05) is 37.1 Å². The molecule has 0 spiro atoms. The molecule has 6 rings (SSSR count). The monoisotopic (exact) mass is 445 g/mol. The molecule has 2 aliphatic heterocycles. The van der Waals surface area contributed by atoms with E-state index >= 15 is 0 Å². The smallest absolute Gasteiger partial charge is 0.277 e. The third-order valence-corrected chi connectivity index (χ3v) is 7.16. The van der Waals surface area contributed by atoms with Crippen molar-refractivity contribution in [3.05, 3.63) is 69.3 Å². The van der Waals surface area contributed by atoms with E-state index in [1.165, 1.54) is 4.52 Å². The number of likely N-dealkylation sites (tertiary alicyclic amines) is 1. The average molecular weight is 446 g/mol. The fraction of sp³-hybridized carbons (Fsp3) is 0.440. The number of aromatic amines is 1. The van der Waals surface area contributed by atoms with Gasteiger partial charge in [0.05, 0.1) is 29.5 Å². The highest BCUT2D eigenvalue weighted by Crippen LogP contribution is 2.33. The molecule has 1 aromatic carbocycles. The molecule has 3 aliphatic rings. The Morgan fingerprint density at radius 2 is 1.85 bits per heavy atom. The van der Waals surface area contributed by atoms with E-state index in [9.17, 15) is 14.4 Å². The SMILES string of the molecule is O=C(C1CC1)N1CCc2nc3cc([C@@H]4CCCCN4C(=O)c4ccccc4)[nH]n3c(=O)c2C1. The van der Waals surface area contributed by atoms with Crippen LogP contribution in [0.2, 0.25) is 0 Å². The van der Waals surface area contributed by atoms with E-state index in [-0.39, 0.29) is 29.3 Å². The molecule has 8 nitrogen and oxygen atoms in total. The summed E-state index contributed by atoms with van der Waals surface area (Å²) in [6.07, 6.45) is 5.34. The summed E-state index contributed by atoms with van der Waals surface area (Å²) in [4.78, 5) is 47.6. The maximum Gasteiger partial charge on any atom is 0.277 e. The molecule has 1 saturated carbocycles. The number of nitrogens with zero attached hydrogens (tertiary/aromatic N) is 4. The van der Waals surface area contributed by atoms with Crippen LogP contribution in [0.5, 0.6) is 0 Å². The molecule has 2 aromatic heterocycles. The zero-order chi connectivity index (χ0) is 22.5. The number of rotatable bonds is 3. The van der Waals surface area contributed by atoms with Gasteiger partial charge in [-0.25, -0.2) is 9.50 Å². The minimum atomic E-state index is -0.147. The Morgan fingerprint density at radius 1 is 1.03 bits per heavy atom. The van der Waals surface area contributed by atoms with Crippen LogP contribution >= 0.6 is 0 Å². The summed E-state index contributed by atoms with van der Waals surface area (Å²) in [5.41, 5.74) is 3.32. The maximum atomic E-state index is 13.3. The summed E-state index contributed by atoms with van der Waals surface area (Å²) >= 11 is 0. The predicted molar refractivity (Wildman–Crippen MR) is 122 cm³/mol. The highest BCUT2D eigenvalue weighted by Gasteiger charge is 2.36. The lowest BCUT2D eigenvalue weighted by molar-refractivity contribution is -0.133. The van der Waals surface area contributed by atoms with Gasteiger partial charge in [0.25, 0.3) is 11.5 Å². The standard InChI is InChI=1S/C25H27N5O3/c31-23(17-9-10-17)28-13-11-19-18(15-28)25(33)30-22(26-19)14-20(27-30)21-8-4-5-12-29(21)24(32)16-6-2-1-3-7-16/h1-3,6-7,14,17,21,27H,4-5,8-13,15H2/t21-/m0/s1. The third-order valence-electron chi connectivity index (χ3n) is 7.16. The second kappa shape index (κ2) is 7.86. The molecule has 8 heteroatoms. The van der Waals surface area contributed by atoms with Gasteiger partial charge in [-0.3, -0.25) is 19.5 Å². The predicted octanol–water partition coefficient (Wildman–Crippen LogP) is 2.68. The van der Waals surface area contributed by atoms with Crippen LogP contribution in [0.3, 0.4) is 0 Å². The fourth-order valence-electron chi connectivity index (χ4n) is 5.19. The van der Waals surface area contributed by atoms with Crippen LogP contribution < -0.4 is 5.56 Å². The van der Waals surface area contributed by atoms with Crippen molar-refractivity contribution in [2.24, 2.45) is 5.92 Å². The number of aromatic nitrogens is 3. The van der Waals surface area contributed by atoms with Gasteiger partial charge in [-0.05, 0) is 44.2 Å². The normalized spacial score (nSPS) is 20.7. The minimum Gasteiger partial charge on any atom is -0.337 e. The van der Waals surface area contributed by atoms with Gasteiger partial charge in [0.15, 0.2) is 5.65 Å². The Labute approximate surface area is 191 Å². The number of benzene rings is 1. The average Bonchev–Trinajstić information content (AvgIpc) is 3.63. The summed E-state index contributed by atoms with van der Waals surface area (Å²) < 4.78 is 1.49. The lowest BCUT2D eigenvalue weighted by Crippen LogP contribution is -2.41. The highest BCUT2D eigenvalue weighted by atomic mass is 16.2. The molecule has 0 unspecified atom stereocenters. The van der Waals surface area contributed by atoms with Crippen molar-refractivity contribution in [2.75, 3.05) is 13.1 Å². The first-order valence-electron chi connectivity index (χ1n) is 11.9. The number of hydrogen-bond acceptors (Lipinski definition) is 4. The number of carbonyl (C=O) groups excluding carboxylic acids is 2. The zero-order valence-corrected chi connectivity index (χ0v) is 18.5. The van der Waals surface area contributed by atoms with E-state index in [1.807, 2.05) is 41.3 Å². The minimum absolute atomic E-state index is 0.00721. The molecule has 3 aromatic rings. The quantitative estimate of drug-likeness (QED) is 0.671. The van der Waals surface area contributed by atoms with Crippen molar-refractivity contribution >= 4 is 17.5 Å². The highest BCUT2D eigenvalue weighted by molar-refractivity contribution is 5.94. The van der Waals surface area contributed by atoms with Crippen molar-refractivity contribution in [3.8, 4) is 0 Å². The molecule has 170 valence electrons. The van der Waals surface area contributed by atoms with Crippen LogP contribution in [0.15, 0.2) is 41.2 Å². The van der Waals surface area contributed by atoms with Crippen molar-refractivity contribution < 1.29 is 9.59 Å². The van der Waals surface area contributed by atoms with Gasteiger partial charge < -0.3 is 9.80 Å². The molecule has 0 radical (unpaired) electrons. The van der Waals surface area contributed by atoms with E-state index in [0.717, 1.165) is 43.5 Å². The second-order valence-electron chi connectivity index (χ2n) is 9.41. The molecule has 1 atom stereocenters. The molecule has 2 amide bonds. The van der Waals surface area contributed by atoms with Crippen LogP contribution in [-0.4, -0.2) is 49.3 Å². The summed E-state index contributed by atoms with van der Waals surface area (Å²) in [6, 6.07) is 11.1. The van der Waals surface area contributed by atoms with E-state index < -0.39 is 0 Å². The van der Waals surface area contributed by atoms with Gasteiger partial charge in [0.2, 0.25) is 5.91 Å². The molecule has 1 aliphatic carbocycles. The number of nitrogens with one attached hydrogen (secondary N) is 1. The Balaban J connectivity index is 1.34. The zero-order valence-electron chi connectivity index (χ0n) is 18.5. The van der Waals surface area contributed by atoms with Crippen molar-refractivity contribution in [1.82, 2.24) is 24.4 Å². The second-order valence-corrected chi connectivity index (χ2v) is 9.41. The van der Waals surface area contributed by atoms with Gasteiger partial charge in [-0.1, -0.05) is 18.2 Å². The number of hydrogen-bond donors (Lipinski definition) is 1. The lowest BCUT2D eigenvalue weighted by Gasteiger charge is -2.35. The Bertz CT molecular complexity index is 1290. The fourth-order valence-corrected chi connectivity index (χ4v) is 5.19. The molecule has 4 heterocycles. The van der Waals surface area contributed by atoms with Gasteiger partial charge >= 0.3 is 0 Å². The van der Waals surface area contributed by atoms with E-state index in [0.29, 0.717) is 42.8 Å². The first-order chi connectivity index (χ1) is 16.1. The summed E-state index contributed by atoms with van der Waals surface area (Å²) in [7, 11) is 0. The molecule has 33 heavy (non-hydrogen) atoms. The number of H-pyrrole nitrogens is 1. The number of fused-ring (bicyclic) bond motifs is 2. The van der Waals surface area contributed by atoms with Crippen LogP contribution in [-0.2, 0) is 17.8 Å². The first-order valence-corrected chi connectivity index (χ1v) is 11.9. The number of carbonyl (C=O) groups is 2. The Morgan fingerprint density at radius 3 is 2.64 bits per heavy atom. The first kappa shape index (κ1) is 20.2. The third kappa shape index (κ3) is 3.53. The molecule has 2 fully saturated rings. The van der Waals surface area contributed by atoms with Crippen LogP contribution in [0.1, 0.15) is 65.5 Å². The Kier molecular flexibility index (Phi) is 4.81. The molecule has 1 N–H and O–H groups in total. The number of amides is 2. The Hall–Kier alpha value is -3.42. The van der Waals surface area contributed by atoms with Gasteiger partial charge in [-0.2, -0.15) is 0 Å². The van der Waals surface area contributed by atoms with Crippen molar-refractivity contribution in [2.45, 2.75) is 51.1 Å². The molecular formula is C25H27N5O3. The summed E-state index contributed by atoms with van der Waals surface area (Å²) in [5.74, 6) is 0.310. The maximum absolute atomic E-state index is 13.3. The van der Waals surface area contributed by atoms with Crippen molar-refractivity contribution in [1.29, 1.82) is 0 Å². The number of piperidine rings is 1. The van der Waals surface area contributed by atoms with Crippen LogP contribution in [0, 0.1) is 5.92 Å². The van der Waals surface area contributed by atoms with Crippen LogP contribution in [0.25, 0.3) is 5.65 Å². The largest absolute Gasteiger partial charge is 0.337 e.